The molecule has 0 atom stereocenters. The molecule has 6 heteroatoms. The van der Waals surface area contributed by atoms with Crippen LogP contribution in [0.1, 0.15) is 36.6 Å². The Labute approximate surface area is 130 Å². The van der Waals surface area contributed by atoms with Crippen LogP contribution in [-0.4, -0.2) is 21.3 Å². The Morgan fingerprint density at radius 1 is 1.24 bits per heavy atom. The summed E-state index contributed by atoms with van der Waals surface area (Å²) in [6.45, 7) is 12.2. The summed E-state index contributed by atoms with van der Waals surface area (Å²) in [4.78, 5) is 4.44. The standard InChI is InChI=1S/C15H24N4OS/c1-9(2)7-16-8-13-11(4)18-19(6)14(13)21-15-17-10(3)12(5)20-15/h9,16H,7-8H2,1-6H3. The van der Waals surface area contributed by atoms with Gasteiger partial charge in [-0.25, -0.2) is 4.98 Å². The highest BCUT2D eigenvalue weighted by molar-refractivity contribution is 7.99. The smallest absolute Gasteiger partial charge is 0.262 e. The summed E-state index contributed by atoms with van der Waals surface area (Å²) in [5.41, 5.74) is 3.21. The third-order valence-corrected chi connectivity index (χ3v) is 4.39. The van der Waals surface area contributed by atoms with E-state index in [0.29, 0.717) is 11.1 Å². The van der Waals surface area contributed by atoms with Crippen molar-refractivity contribution in [2.45, 2.75) is 51.4 Å². The molecule has 0 spiro atoms. The van der Waals surface area contributed by atoms with E-state index in [2.05, 4.69) is 29.2 Å². The van der Waals surface area contributed by atoms with Crippen molar-refractivity contribution in [2.24, 2.45) is 13.0 Å². The summed E-state index contributed by atoms with van der Waals surface area (Å²) in [7, 11) is 1.96. The average molecular weight is 308 g/mol. The van der Waals surface area contributed by atoms with Crippen molar-refractivity contribution in [1.29, 1.82) is 0 Å². The lowest BCUT2D eigenvalue weighted by Crippen LogP contribution is -2.19. The van der Waals surface area contributed by atoms with Crippen molar-refractivity contribution in [1.82, 2.24) is 20.1 Å². The van der Waals surface area contributed by atoms with Crippen LogP contribution in [0.5, 0.6) is 0 Å². The molecule has 0 aliphatic heterocycles. The zero-order valence-corrected chi connectivity index (χ0v) is 14.5. The molecule has 21 heavy (non-hydrogen) atoms. The normalized spacial score (nSPS) is 11.6. The Balaban J connectivity index is 2.18. The Kier molecular flexibility index (Phi) is 5.11. The van der Waals surface area contributed by atoms with E-state index in [0.717, 1.165) is 35.3 Å². The number of rotatable bonds is 6. The Hall–Kier alpha value is -1.27. The first-order valence-corrected chi connectivity index (χ1v) is 8.05. The maximum absolute atomic E-state index is 5.67. The minimum Gasteiger partial charge on any atom is -0.436 e. The third-order valence-electron chi connectivity index (χ3n) is 3.34. The fourth-order valence-corrected chi connectivity index (χ4v) is 3.10. The van der Waals surface area contributed by atoms with E-state index < -0.39 is 0 Å². The molecular formula is C15H24N4OS. The molecule has 0 aromatic carbocycles. The maximum Gasteiger partial charge on any atom is 0.262 e. The van der Waals surface area contributed by atoms with Crippen LogP contribution in [-0.2, 0) is 13.6 Å². The zero-order valence-electron chi connectivity index (χ0n) is 13.6. The molecule has 2 aromatic rings. The number of nitrogens with zero attached hydrogens (tertiary/aromatic N) is 3. The van der Waals surface area contributed by atoms with Crippen molar-refractivity contribution in [3.05, 3.63) is 22.7 Å². The van der Waals surface area contributed by atoms with E-state index >= 15 is 0 Å². The van der Waals surface area contributed by atoms with E-state index in [1.54, 1.807) is 0 Å². The SMILES string of the molecule is Cc1nc(Sc2c(CNCC(C)C)c(C)nn2C)oc1C. The topological polar surface area (TPSA) is 55.9 Å². The van der Waals surface area contributed by atoms with Gasteiger partial charge in [-0.1, -0.05) is 13.8 Å². The zero-order chi connectivity index (χ0) is 15.6. The fraction of sp³-hybridized carbons (Fsp3) is 0.600. The molecule has 2 rings (SSSR count). The summed E-state index contributed by atoms with van der Waals surface area (Å²) < 4.78 is 7.57. The molecule has 2 heterocycles. The highest BCUT2D eigenvalue weighted by atomic mass is 32.2. The van der Waals surface area contributed by atoms with Crippen LogP contribution in [0.4, 0.5) is 0 Å². The van der Waals surface area contributed by atoms with Gasteiger partial charge in [-0.3, -0.25) is 4.68 Å². The first kappa shape index (κ1) is 16.1. The molecule has 0 bridgehead atoms. The van der Waals surface area contributed by atoms with Crippen LogP contribution in [0.2, 0.25) is 0 Å². The van der Waals surface area contributed by atoms with E-state index in [9.17, 15) is 0 Å². The second kappa shape index (κ2) is 6.66. The average Bonchev–Trinajstić information content (AvgIpc) is 2.83. The van der Waals surface area contributed by atoms with Gasteiger partial charge >= 0.3 is 0 Å². The lowest BCUT2D eigenvalue weighted by Gasteiger charge is -2.08. The summed E-state index contributed by atoms with van der Waals surface area (Å²) >= 11 is 1.54. The van der Waals surface area contributed by atoms with Gasteiger partial charge in [-0.2, -0.15) is 5.10 Å². The molecule has 0 aliphatic carbocycles. The second-order valence-corrected chi connectivity index (χ2v) is 6.68. The molecule has 1 N–H and O–H groups in total. The van der Waals surface area contributed by atoms with Gasteiger partial charge in [0.1, 0.15) is 10.8 Å². The van der Waals surface area contributed by atoms with Gasteiger partial charge in [0.05, 0.1) is 11.4 Å². The predicted molar refractivity (Wildman–Crippen MR) is 84.6 cm³/mol. The van der Waals surface area contributed by atoms with Crippen LogP contribution < -0.4 is 5.32 Å². The van der Waals surface area contributed by atoms with Gasteiger partial charge in [-0.05, 0) is 45.0 Å². The molecule has 0 aliphatic rings. The van der Waals surface area contributed by atoms with E-state index in [1.807, 2.05) is 32.5 Å². The molecular weight excluding hydrogens is 284 g/mol. The molecule has 0 saturated heterocycles. The van der Waals surface area contributed by atoms with Gasteiger partial charge in [0.25, 0.3) is 5.22 Å². The van der Waals surface area contributed by atoms with Crippen molar-refractivity contribution in [3.63, 3.8) is 0 Å². The maximum atomic E-state index is 5.67. The van der Waals surface area contributed by atoms with E-state index in [4.69, 9.17) is 4.42 Å². The lowest BCUT2D eigenvalue weighted by atomic mass is 10.2. The van der Waals surface area contributed by atoms with Gasteiger partial charge in [0, 0.05) is 19.2 Å². The van der Waals surface area contributed by atoms with E-state index in [-0.39, 0.29) is 0 Å². The predicted octanol–water partition coefficient (Wildman–Crippen LogP) is 3.23. The molecule has 0 amide bonds. The monoisotopic (exact) mass is 308 g/mol. The molecule has 0 radical (unpaired) electrons. The van der Waals surface area contributed by atoms with Crippen LogP contribution in [0.25, 0.3) is 0 Å². The first-order chi connectivity index (χ1) is 9.88. The van der Waals surface area contributed by atoms with Crippen LogP contribution >= 0.6 is 11.8 Å². The Morgan fingerprint density at radius 3 is 2.52 bits per heavy atom. The number of aromatic nitrogens is 3. The first-order valence-electron chi connectivity index (χ1n) is 7.23. The highest BCUT2D eigenvalue weighted by Crippen LogP contribution is 2.32. The number of nitrogens with one attached hydrogen (secondary N) is 1. The van der Waals surface area contributed by atoms with Crippen LogP contribution in [0.3, 0.4) is 0 Å². The summed E-state index contributed by atoms with van der Waals surface area (Å²) in [5.74, 6) is 1.51. The number of hydrogen-bond acceptors (Lipinski definition) is 5. The number of aryl methyl sites for hydroxylation is 4. The molecule has 2 aromatic heterocycles. The van der Waals surface area contributed by atoms with Crippen LogP contribution in [0.15, 0.2) is 14.7 Å². The minimum absolute atomic E-state index is 0.634. The Bertz CT molecular complexity index is 596. The molecule has 0 saturated carbocycles. The summed E-state index contributed by atoms with van der Waals surface area (Å²) in [5, 5.41) is 9.77. The number of hydrogen-bond donors (Lipinski definition) is 1. The van der Waals surface area contributed by atoms with E-state index in [1.165, 1.54) is 17.3 Å². The van der Waals surface area contributed by atoms with Gasteiger partial charge in [0.15, 0.2) is 0 Å². The van der Waals surface area contributed by atoms with Crippen molar-refractivity contribution in [2.75, 3.05) is 6.54 Å². The number of oxazole rings is 1. The van der Waals surface area contributed by atoms with Gasteiger partial charge < -0.3 is 9.73 Å². The fourth-order valence-electron chi connectivity index (χ4n) is 2.07. The van der Waals surface area contributed by atoms with Gasteiger partial charge in [0.2, 0.25) is 0 Å². The summed E-state index contributed by atoms with van der Waals surface area (Å²) in [6.07, 6.45) is 0. The van der Waals surface area contributed by atoms with Crippen molar-refractivity contribution in [3.8, 4) is 0 Å². The summed E-state index contributed by atoms with van der Waals surface area (Å²) in [6, 6.07) is 0. The molecule has 116 valence electrons. The highest BCUT2D eigenvalue weighted by Gasteiger charge is 2.17. The van der Waals surface area contributed by atoms with Gasteiger partial charge in [-0.15, -0.1) is 0 Å². The molecule has 0 unspecified atom stereocenters. The van der Waals surface area contributed by atoms with Crippen LogP contribution in [0, 0.1) is 26.7 Å². The molecule has 5 nitrogen and oxygen atoms in total. The van der Waals surface area contributed by atoms with Crippen molar-refractivity contribution >= 4 is 11.8 Å². The largest absolute Gasteiger partial charge is 0.436 e. The lowest BCUT2D eigenvalue weighted by molar-refractivity contribution is 0.430. The third kappa shape index (κ3) is 3.89. The van der Waals surface area contributed by atoms with Crippen molar-refractivity contribution < 1.29 is 4.42 Å². The molecule has 0 fully saturated rings. The second-order valence-electron chi connectivity index (χ2n) is 5.74. The minimum atomic E-state index is 0.634. The Morgan fingerprint density at radius 2 is 1.95 bits per heavy atom. The quantitative estimate of drug-likeness (QED) is 0.888.